The quantitative estimate of drug-likeness (QED) is 0.688. The summed E-state index contributed by atoms with van der Waals surface area (Å²) in [6.45, 7) is 7.26. The summed E-state index contributed by atoms with van der Waals surface area (Å²) in [6, 6.07) is 7.00. The predicted molar refractivity (Wildman–Crippen MR) is 87.0 cm³/mol. The fourth-order valence-corrected chi connectivity index (χ4v) is 1.99. The van der Waals surface area contributed by atoms with Crippen molar-refractivity contribution in [3.05, 3.63) is 29.8 Å². The van der Waals surface area contributed by atoms with Gasteiger partial charge < -0.3 is 15.4 Å². The summed E-state index contributed by atoms with van der Waals surface area (Å²) in [5.41, 5.74) is 0.442. The maximum Gasteiger partial charge on any atom is 0.255 e. The van der Waals surface area contributed by atoms with E-state index in [-0.39, 0.29) is 18.4 Å². The molecule has 0 heterocycles. The molecule has 0 aliphatic carbocycles. The van der Waals surface area contributed by atoms with Gasteiger partial charge in [-0.05, 0) is 37.8 Å². The van der Waals surface area contributed by atoms with E-state index in [1.54, 1.807) is 18.2 Å². The molecule has 0 fully saturated rings. The first-order valence-corrected chi connectivity index (χ1v) is 7.81. The molecule has 0 spiro atoms. The minimum absolute atomic E-state index is 0.0268. The van der Waals surface area contributed by atoms with E-state index >= 15 is 0 Å². The average Bonchev–Trinajstić information content (AvgIpc) is 2.50. The van der Waals surface area contributed by atoms with Crippen molar-refractivity contribution < 1.29 is 14.3 Å². The molecule has 0 aromatic heterocycles. The highest BCUT2D eigenvalue weighted by molar-refractivity contribution is 5.98. The Morgan fingerprint density at radius 3 is 2.59 bits per heavy atom. The van der Waals surface area contributed by atoms with Gasteiger partial charge in [0.25, 0.3) is 5.91 Å². The summed E-state index contributed by atoms with van der Waals surface area (Å²) in [7, 11) is 0. The number of amides is 2. The Labute approximate surface area is 132 Å². The first-order valence-electron chi connectivity index (χ1n) is 7.81. The first-order chi connectivity index (χ1) is 10.5. The number of rotatable bonds is 9. The van der Waals surface area contributed by atoms with Gasteiger partial charge in [-0.3, -0.25) is 9.59 Å². The third-order valence-electron chi connectivity index (χ3n) is 3.12. The van der Waals surface area contributed by atoms with Crippen LogP contribution in [0, 0.1) is 5.92 Å². The third kappa shape index (κ3) is 6.61. The largest absolute Gasteiger partial charge is 0.493 e. The number of nitrogens with one attached hydrogen (secondary N) is 2. The van der Waals surface area contributed by atoms with Gasteiger partial charge in [0, 0.05) is 6.54 Å². The predicted octanol–water partition coefficient (Wildman–Crippen LogP) is 2.37. The lowest BCUT2D eigenvalue weighted by molar-refractivity contribution is -0.120. The zero-order chi connectivity index (χ0) is 16.4. The van der Waals surface area contributed by atoms with Crippen LogP contribution in [0.15, 0.2) is 24.3 Å². The molecular formula is C17H26N2O3. The first kappa shape index (κ1) is 18.0. The van der Waals surface area contributed by atoms with E-state index in [2.05, 4.69) is 24.5 Å². The normalized spacial score (nSPS) is 10.4. The molecule has 22 heavy (non-hydrogen) atoms. The third-order valence-corrected chi connectivity index (χ3v) is 3.12. The molecule has 0 unspecified atom stereocenters. The lowest BCUT2D eigenvalue weighted by Gasteiger charge is -2.11. The minimum Gasteiger partial charge on any atom is -0.493 e. The molecule has 5 heteroatoms. The van der Waals surface area contributed by atoms with Crippen molar-refractivity contribution >= 4 is 11.8 Å². The van der Waals surface area contributed by atoms with Gasteiger partial charge in [0.2, 0.25) is 5.91 Å². The summed E-state index contributed by atoms with van der Waals surface area (Å²) in [4.78, 5) is 23.8. The Morgan fingerprint density at radius 1 is 1.18 bits per heavy atom. The van der Waals surface area contributed by atoms with Crippen LogP contribution < -0.4 is 15.4 Å². The van der Waals surface area contributed by atoms with Crippen molar-refractivity contribution in [1.29, 1.82) is 0 Å². The van der Waals surface area contributed by atoms with Gasteiger partial charge in [0.05, 0.1) is 18.7 Å². The Hall–Kier alpha value is -2.04. The van der Waals surface area contributed by atoms with Crippen LogP contribution >= 0.6 is 0 Å². The number of carbonyl (C=O) groups excluding carboxylic acids is 2. The van der Waals surface area contributed by atoms with Gasteiger partial charge >= 0.3 is 0 Å². The number of hydrogen-bond acceptors (Lipinski definition) is 3. The van der Waals surface area contributed by atoms with Gasteiger partial charge in [0.15, 0.2) is 0 Å². The molecule has 122 valence electrons. The summed E-state index contributed by atoms with van der Waals surface area (Å²) >= 11 is 0. The van der Waals surface area contributed by atoms with Crippen molar-refractivity contribution in [2.24, 2.45) is 5.92 Å². The van der Waals surface area contributed by atoms with E-state index in [0.717, 1.165) is 12.8 Å². The van der Waals surface area contributed by atoms with Crippen LogP contribution in [-0.4, -0.2) is 31.5 Å². The Kier molecular flexibility index (Phi) is 8.04. The molecule has 0 saturated carbocycles. The highest BCUT2D eigenvalue weighted by Gasteiger charge is 2.12. The molecule has 5 nitrogen and oxygen atoms in total. The van der Waals surface area contributed by atoms with Crippen LogP contribution in [-0.2, 0) is 4.79 Å². The second-order valence-corrected chi connectivity index (χ2v) is 5.50. The molecule has 0 aliphatic rings. The monoisotopic (exact) mass is 306 g/mol. The van der Waals surface area contributed by atoms with E-state index < -0.39 is 0 Å². The maximum atomic E-state index is 12.1. The highest BCUT2D eigenvalue weighted by Crippen LogP contribution is 2.17. The van der Waals surface area contributed by atoms with Gasteiger partial charge in [-0.1, -0.05) is 26.0 Å². The minimum atomic E-state index is -0.304. The fourth-order valence-electron chi connectivity index (χ4n) is 1.99. The van der Waals surface area contributed by atoms with Crippen LogP contribution in [0.5, 0.6) is 5.75 Å². The van der Waals surface area contributed by atoms with Gasteiger partial charge in [-0.15, -0.1) is 0 Å². The van der Waals surface area contributed by atoms with Crippen LogP contribution in [0.1, 0.15) is 44.0 Å². The summed E-state index contributed by atoms with van der Waals surface area (Å²) in [5.74, 6) is 0.680. The van der Waals surface area contributed by atoms with Crippen molar-refractivity contribution in [3.8, 4) is 5.75 Å². The van der Waals surface area contributed by atoms with Crippen molar-refractivity contribution in [1.82, 2.24) is 10.6 Å². The molecule has 0 aliphatic heterocycles. The van der Waals surface area contributed by atoms with Crippen LogP contribution in [0.2, 0.25) is 0 Å². The second kappa shape index (κ2) is 9.82. The standard InChI is InChI=1S/C17H26N2O3/c1-4-22-15-10-6-5-9-14(15)17(21)19-12-16(20)18-11-7-8-13(2)3/h5-6,9-10,13H,4,7-8,11-12H2,1-3H3,(H,18,20)(H,19,21). The molecule has 0 atom stereocenters. The molecular weight excluding hydrogens is 280 g/mol. The van der Waals surface area contributed by atoms with E-state index in [0.29, 0.717) is 30.4 Å². The van der Waals surface area contributed by atoms with E-state index in [9.17, 15) is 9.59 Å². The van der Waals surface area contributed by atoms with Gasteiger partial charge in [-0.2, -0.15) is 0 Å². The Bertz CT molecular complexity index is 487. The average molecular weight is 306 g/mol. The topological polar surface area (TPSA) is 67.4 Å². The number of ether oxygens (including phenoxy) is 1. The van der Waals surface area contributed by atoms with E-state index in [1.165, 1.54) is 0 Å². The molecule has 1 rings (SSSR count). The van der Waals surface area contributed by atoms with Gasteiger partial charge in [-0.25, -0.2) is 0 Å². The number of benzene rings is 1. The van der Waals surface area contributed by atoms with Crippen LogP contribution in [0.3, 0.4) is 0 Å². The van der Waals surface area contributed by atoms with Gasteiger partial charge in [0.1, 0.15) is 5.75 Å². The highest BCUT2D eigenvalue weighted by atomic mass is 16.5. The molecule has 0 radical (unpaired) electrons. The number of carbonyl (C=O) groups is 2. The van der Waals surface area contributed by atoms with E-state index in [1.807, 2.05) is 13.0 Å². The zero-order valence-corrected chi connectivity index (χ0v) is 13.6. The Morgan fingerprint density at radius 2 is 1.91 bits per heavy atom. The molecule has 0 bridgehead atoms. The lowest BCUT2D eigenvalue weighted by Crippen LogP contribution is -2.37. The summed E-state index contributed by atoms with van der Waals surface area (Å²) in [6.07, 6.45) is 2.03. The summed E-state index contributed by atoms with van der Waals surface area (Å²) < 4.78 is 5.41. The van der Waals surface area contributed by atoms with Crippen LogP contribution in [0.4, 0.5) is 0 Å². The van der Waals surface area contributed by atoms with Crippen molar-refractivity contribution in [3.63, 3.8) is 0 Å². The lowest BCUT2D eigenvalue weighted by atomic mass is 10.1. The zero-order valence-electron chi connectivity index (χ0n) is 13.6. The fraction of sp³-hybridized carbons (Fsp3) is 0.529. The second-order valence-electron chi connectivity index (χ2n) is 5.50. The van der Waals surface area contributed by atoms with Crippen molar-refractivity contribution in [2.75, 3.05) is 19.7 Å². The summed E-state index contributed by atoms with van der Waals surface area (Å²) in [5, 5.41) is 5.42. The van der Waals surface area contributed by atoms with Crippen molar-refractivity contribution in [2.45, 2.75) is 33.6 Å². The maximum absolute atomic E-state index is 12.1. The van der Waals surface area contributed by atoms with Crippen LogP contribution in [0.25, 0.3) is 0 Å². The smallest absolute Gasteiger partial charge is 0.255 e. The number of hydrogen-bond donors (Lipinski definition) is 2. The molecule has 1 aromatic rings. The van der Waals surface area contributed by atoms with E-state index in [4.69, 9.17) is 4.74 Å². The Balaban J connectivity index is 2.38. The molecule has 2 amide bonds. The SMILES string of the molecule is CCOc1ccccc1C(=O)NCC(=O)NCCCC(C)C. The number of para-hydroxylation sites is 1. The molecule has 1 aromatic carbocycles. The molecule has 0 saturated heterocycles. The molecule has 2 N–H and O–H groups in total.